The summed E-state index contributed by atoms with van der Waals surface area (Å²) in [4.78, 5) is 0. The van der Waals surface area contributed by atoms with Crippen LogP contribution in [0.4, 0.5) is 5.69 Å². The van der Waals surface area contributed by atoms with Gasteiger partial charge in [-0.25, -0.2) is 4.68 Å². The van der Waals surface area contributed by atoms with Crippen molar-refractivity contribution in [1.82, 2.24) is 20.2 Å². The van der Waals surface area contributed by atoms with Crippen molar-refractivity contribution >= 4 is 5.69 Å². The molecule has 0 spiro atoms. The van der Waals surface area contributed by atoms with Gasteiger partial charge in [-0.2, -0.15) is 15.8 Å². The van der Waals surface area contributed by atoms with Gasteiger partial charge < -0.3 is 10.1 Å². The van der Waals surface area contributed by atoms with E-state index in [4.69, 9.17) is 20.5 Å². The number of methoxy groups -OCH3 is 1. The van der Waals surface area contributed by atoms with E-state index >= 15 is 0 Å². The maximum atomic E-state index is 9.06. The van der Waals surface area contributed by atoms with Crippen LogP contribution in [0.25, 0.3) is 5.69 Å². The van der Waals surface area contributed by atoms with Crippen LogP contribution in [0.2, 0.25) is 0 Å². The molecule has 0 aliphatic rings. The van der Waals surface area contributed by atoms with Gasteiger partial charge in [0.05, 0.1) is 12.8 Å². The minimum Gasteiger partial charge on any atom is -0.497 e. The van der Waals surface area contributed by atoms with Crippen LogP contribution in [0, 0.1) is 34.0 Å². The zero-order valence-electron chi connectivity index (χ0n) is 11.3. The van der Waals surface area contributed by atoms with Gasteiger partial charge in [0.2, 0.25) is 0 Å². The lowest BCUT2D eigenvalue weighted by molar-refractivity contribution is 0.414. The lowest BCUT2D eigenvalue weighted by Crippen LogP contribution is -2.03. The van der Waals surface area contributed by atoms with Gasteiger partial charge in [0.25, 0.3) is 0 Å². The number of nitriles is 3. The molecular weight excluding hydrogens is 284 g/mol. The van der Waals surface area contributed by atoms with Gasteiger partial charge in [-0.05, 0) is 16.5 Å². The minimum atomic E-state index is -0.311. The number of rotatable bonds is 4. The number of aromatic nitrogens is 4. The summed E-state index contributed by atoms with van der Waals surface area (Å²) in [6.45, 7) is 0. The Labute approximate surface area is 125 Å². The summed E-state index contributed by atoms with van der Waals surface area (Å²) in [5.41, 5.74) is 0.569. The summed E-state index contributed by atoms with van der Waals surface area (Å²) in [6, 6.07) is 10.0. The molecule has 1 heterocycles. The van der Waals surface area contributed by atoms with E-state index in [1.54, 1.807) is 36.4 Å². The van der Waals surface area contributed by atoms with Crippen LogP contribution < -0.4 is 10.1 Å². The lowest BCUT2D eigenvalue weighted by Gasteiger charge is -2.10. The maximum Gasteiger partial charge on any atom is 0.163 e. The van der Waals surface area contributed by atoms with Crippen molar-refractivity contribution in [1.29, 1.82) is 15.8 Å². The Bertz CT molecular complexity index is 816. The molecule has 2 rings (SSSR count). The predicted molar refractivity (Wildman–Crippen MR) is 73.2 cm³/mol. The summed E-state index contributed by atoms with van der Waals surface area (Å²) >= 11 is 0. The molecule has 0 bridgehead atoms. The molecule has 0 fully saturated rings. The van der Waals surface area contributed by atoms with Gasteiger partial charge in [0.1, 0.15) is 36.0 Å². The zero-order valence-corrected chi connectivity index (χ0v) is 11.3. The molecule has 1 aromatic carbocycles. The summed E-state index contributed by atoms with van der Waals surface area (Å²) in [5, 5.41) is 40.3. The number of hydrogen-bond acceptors (Lipinski definition) is 8. The smallest absolute Gasteiger partial charge is 0.163 e. The largest absolute Gasteiger partial charge is 0.497 e. The molecule has 1 N–H and O–H groups in total. The van der Waals surface area contributed by atoms with Crippen molar-refractivity contribution in [2.75, 3.05) is 12.4 Å². The maximum absolute atomic E-state index is 9.06. The van der Waals surface area contributed by atoms with E-state index in [9.17, 15) is 0 Å². The van der Waals surface area contributed by atoms with E-state index in [1.807, 2.05) is 0 Å². The van der Waals surface area contributed by atoms with E-state index in [-0.39, 0.29) is 11.3 Å². The van der Waals surface area contributed by atoms with Crippen molar-refractivity contribution in [3.05, 3.63) is 35.8 Å². The van der Waals surface area contributed by atoms with Crippen LogP contribution in [0.15, 0.2) is 35.8 Å². The third-order valence-corrected chi connectivity index (χ3v) is 2.60. The highest BCUT2D eigenvalue weighted by atomic mass is 16.5. The Hall–Kier alpha value is -3.90. The molecule has 9 heteroatoms. The zero-order chi connectivity index (χ0) is 15.9. The standard InChI is InChI=1S/C13H8N8O/c1-22-12-3-10(18-13(7-16)9(5-14)6-15)2-11(4-12)21-8-17-19-20-21/h2-4,8,18H,1H3. The average molecular weight is 292 g/mol. The number of allylic oxidation sites excluding steroid dienone is 2. The van der Waals surface area contributed by atoms with Gasteiger partial charge in [0, 0.05) is 17.8 Å². The number of hydrogen-bond donors (Lipinski definition) is 1. The van der Waals surface area contributed by atoms with Crippen molar-refractivity contribution < 1.29 is 4.74 Å². The Balaban J connectivity index is 2.47. The number of anilines is 1. The highest BCUT2D eigenvalue weighted by Crippen LogP contribution is 2.24. The van der Waals surface area contributed by atoms with Crippen LogP contribution in [0.1, 0.15) is 0 Å². The van der Waals surface area contributed by atoms with E-state index in [2.05, 4.69) is 20.8 Å². The summed E-state index contributed by atoms with van der Waals surface area (Å²) in [6.07, 6.45) is 1.40. The lowest BCUT2D eigenvalue weighted by atomic mass is 10.2. The first kappa shape index (κ1) is 14.5. The number of benzene rings is 1. The quantitative estimate of drug-likeness (QED) is 0.821. The highest BCUT2D eigenvalue weighted by Gasteiger charge is 2.09. The molecule has 0 aliphatic heterocycles. The molecule has 0 saturated carbocycles. The Kier molecular flexibility index (Phi) is 4.29. The third kappa shape index (κ3) is 2.98. The molecule has 0 saturated heterocycles. The van der Waals surface area contributed by atoms with Crippen LogP contribution in [-0.2, 0) is 0 Å². The molecular formula is C13H8N8O. The highest BCUT2D eigenvalue weighted by molar-refractivity contribution is 5.63. The summed E-state index contributed by atoms with van der Waals surface area (Å²) in [7, 11) is 1.49. The van der Waals surface area contributed by atoms with Crippen LogP contribution in [0.5, 0.6) is 5.75 Å². The Morgan fingerprint density at radius 3 is 2.50 bits per heavy atom. The molecule has 106 valence electrons. The first-order valence-electron chi connectivity index (χ1n) is 5.86. The molecule has 9 nitrogen and oxygen atoms in total. The fourth-order valence-electron chi connectivity index (χ4n) is 1.61. The third-order valence-electron chi connectivity index (χ3n) is 2.60. The number of nitrogens with zero attached hydrogens (tertiary/aromatic N) is 7. The Morgan fingerprint density at radius 2 is 1.95 bits per heavy atom. The van der Waals surface area contributed by atoms with Gasteiger partial charge in [-0.1, -0.05) is 0 Å². The monoisotopic (exact) mass is 292 g/mol. The van der Waals surface area contributed by atoms with Crippen LogP contribution in [-0.4, -0.2) is 27.3 Å². The second-order valence-electron chi connectivity index (χ2n) is 3.88. The fourth-order valence-corrected chi connectivity index (χ4v) is 1.61. The van der Waals surface area contributed by atoms with Gasteiger partial charge >= 0.3 is 0 Å². The molecule has 0 atom stereocenters. The van der Waals surface area contributed by atoms with Gasteiger partial charge in [-0.3, -0.25) is 0 Å². The fraction of sp³-hybridized carbons (Fsp3) is 0.0769. The predicted octanol–water partition coefficient (Wildman–Crippen LogP) is 0.908. The van der Waals surface area contributed by atoms with Crippen molar-refractivity contribution in [3.8, 4) is 29.6 Å². The molecule has 0 unspecified atom stereocenters. The van der Waals surface area contributed by atoms with Crippen LogP contribution >= 0.6 is 0 Å². The van der Waals surface area contributed by atoms with Crippen molar-refractivity contribution in [3.63, 3.8) is 0 Å². The Morgan fingerprint density at radius 1 is 1.18 bits per heavy atom. The molecule has 2 aromatic rings. The first-order valence-corrected chi connectivity index (χ1v) is 5.86. The summed E-state index contributed by atoms with van der Waals surface area (Å²) in [5.74, 6) is 0.489. The second-order valence-corrected chi connectivity index (χ2v) is 3.88. The van der Waals surface area contributed by atoms with Gasteiger partial charge in [0.15, 0.2) is 5.57 Å². The molecule has 1 aromatic heterocycles. The SMILES string of the molecule is COc1cc(NC(C#N)=C(C#N)C#N)cc(-n2cnnn2)c1. The number of ether oxygens (including phenoxy) is 1. The van der Waals surface area contributed by atoms with Crippen molar-refractivity contribution in [2.24, 2.45) is 0 Å². The summed E-state index contributed by atoms with van der Waals surface area (Å²) < 4.78 is 6.57. The van der Waals surface area contributed by atoms with Crippen molar-refractivity contribution in [2.45, 2.75) is 0 Å². The first-order chi connectivity index (χ1) is 10.7. The molecule has 22 heavy (non-hydrogen) atoms. The van der Waals surface area contributed by atoms with E-state index < -0.39 is 0 Å². The normalized spacial score (nSPS) is 9.00. The molecule has 0 amide bonds. The molecule has 0 aliphatic carbocycles. The average Bonchev–Trinajstić information content (AvgIpc) is 3.09. The van der Waals surface area contributed by atoms with E-state index in [0.29, 0.717) is 17.1 Å². The second kappa shape index (κ2) is 6.51. The number of tetrazole rings is 1. The van der Waals surface area contributed by atoms with E-state index in [1.165, 1.54) is 18.1 Å². The topological polar surface area (TPSA) is 136 Å². The van der Waals surface area contributed by atoms with E-state index in [0.717, 1.165) is 0 Å². The number of nitrogens with one attached hydrogen (secondary N) is 1. The minimum absolute atomic E-state index is 0.152. The molecule has 0 radical (unpaired) electrons. The van der Waals surface area contributed by atoms with Gasteiger partial charge in [-0.15, -0.1) is 5.10 Å². The van der Waals surface area contributed by atoms with Crippen LogP contribution in [0.3, 0.4) is 0 Å².